The summed E-state index contributed by atoms with van der Waals surface area (Å²) < 4.78 is 10.2. The van der Waals surface area contributed by atoms with Crippen molar-refractivity contribution >= 4 is 23.6 Å². The first-order chi connectivity index (χ1) is 8.52. The Morgan fingerprint density at radius 3 is 2.89 bits per heavy atom. The van der Waals surface area contributed by atoms with Gasteiger partial charge in [-0.2, -0.15) is 4.98 Å². The van der Waals surface area contributed by atoms with E-state index in [4.69, 9.17) is 31.6 Å². The lowest BCUT2D eigenvalue weighted by Crippen LogP contribution is -2.00. The van der Waals surface area contributed by atoms with E-state index in [0.717, 1.165) is 0 Å². The second kappa shape index (κ2) is 4.58. The van der Waals surface area contributed by atoms with Crippen LogP contribution in [0.5, 0.6) is 5.75 Å². The van der Waals surface area contributed by atoms with Crippen molar-refractivity contribution in [1.29, 1.82) is 0 Å². The zero-order chi connectivity index (χ0) is 13.3. The summed E-state index contributed by atoms with van der Waals surface area (Å²) in [6, 6.07) is 4.50. The number of benzene rings is 1. The number of aromatic nitrogens is 1. The molecule has 0 aliphatic heterocycles. The number of methoxy groups -OCH3 is 1. The normalized spacial score (nSPS) is 10.3. The molecule has 18 heavy (non-hydrogen) atoms. The Kier molecular flexibility index (Phi) is 3.12. The molecular weight excluding hydrogens is 260 g/mol. The standard InChI is InChI=1S/C11H9ClN2O4/c1-17-7-3-2-5(12)4-6(7)9-8(10(15)16)14-11(13)18-9/h2-4H,1H3,(H2,13,14)(H,15,16). The molecule has 0 amide bonds. The zero-order valence-corrected chi connectivity index (χ0v) is 10.1. The zero-order valence-electron chi connectivity index (χ0n) is 9.31. The fraction of sp³-hybridized carbons (Fsp3) is 0.0909. The van der Waals surface area contributed by atoms with E-state index < -0.39 is 5.97 Å². The number of nitrogens with zero attached hydrogens (tertiary/aromatic N) is 1. The molecule has 2 rings (SSSR count). The van der Waals surface area contributed by atoms with Crippen LogP contribution >= 0.6 is 11.6 Å². The summed E-state index contributed by atoms with van der Waals surface area (Å²) in [7, 11) is 1.45. The number of carboxylic acid groups (broad SMARTS) is 1. The second-order valence-corrected chi connectivity index (χ2v) is 3.82. The van der Waals surface area contributed by atoms with Crippen molar-refractivity contribution in [2.75, 3.05) is 12.8 Å². The molecule has 3 N–H and O–H groups in total. The number of ether oxygens (including phenoxy) is 1. The number of oxazole rings is 1. The molecule has 0 fully saturated rings. The molecule has 6 nitrogen and oxygen atoms in total. The molecule has 0 bridgehead atoms. The molecule has 0 saturated heterocycles. The van der Waals surface area contributed by atoms with Gasteiger partial charge >= 0.3 is 5.97 Å². The minimum absolute atomic E-state index is 0.0133. The van der Waals surface area contributed by atoms with Crippen LogP contribution in [0.3, 0.4) is 0 Å². The lowest BCUT2D eigenvalue weighted by atomic mass is 10.1. The quantitative estimate of drug-likeness (QED) is 0.886. The van der Waals surface area contributed by atoms with Gasteiger partial charge in [0.1, 0.15) is 5.75 Å². The highest BCUT2D eigenvalue weighted by atomic mass is 35.5. The summed E-state index contributed by atoms with van der Waals surface area (Å²) in [5.41, 5.74) is 5.47. The molecule has 0 spiro atoms. The number of anilines is 1. The van der Waals surface area contributed by atoms with E-state index in [9.17, 15) is 4.79 Å². The van der Waals surface area contributed by atoms with Gasteiger partial charge in [0, 0.05) is 5.02 Å². The molecular formula is C11H9ClN2O4. The van der Waals surface area contributed by atoms with Crippen LogP contribution in [0.15, 0.2) is 22.6 Å². The van der Waals surface area contributed by atoms with Gasteiger partial charge in [-0.05, 0) is 18.2 Å². The maximum Gasteiger partial charge on any atom is 0.358 e. The molecule has 1 aromatic heterocycles. The van der Waals surface area contributed by atoms with Crippen LogP contribution in [-0.4, -0.2) is 23.2 Å². The van der Waals surface area contributed by atoms with Crippen molar-refractivity contribution in [2.45, 2.75) is 0 Å². The summed E-state index contributed by atoms with van der Waals surface area (Å²) in [6.45, 7) is 0. The molecule has 1 heterocycles. The minimum Gasteiger partial charge on any atom is -0.496 e. The van der Waals surface area contributed by atoms with Crippen LogP contribution in [0.4, 0.5) is 6.01 Å². The number of rotatable bonds is 3. The second-order valence-electron chi connectivity index (χ2n) is 3.38. The predicted molar refractivity (Wildman–Crippen MR) is 64.9 cm³/mol. The molecule has 7 heteroatoms. The van der Waals surface area contributed by atoms with Gasteiger partial charge in [0.15, 0.2) is 11.5 Å². The molecule has 94 valence electrons. The van der Waals surface area contributed by atoms with Crippen LogP contribution in [0.1, 0.15) is 10.5 Å². The van der Waals surface area contributed by atoms with E-state index in [1.54, 1.807) is 12.1 Å². The van der Waals surface area contributed by atoms with E-state index in [1.807, 2.05) is 0 Å². The Labute approximate surface area is 107 Å². The lowest BCUT2D eigenvalue weighted by molar-refractivity contribution is 0.0691. The number of carbonyl (C=O) groups is 1. The Hall–Kier alpha value is -2.21. The molecule has 0 atom stereocenters. The van der Waals surface area contributed by atoms with E-state index >= 15 is 0 Å². The third-order valence-electron chi connectivity index (χ3n) is 2.25. The monoisotopic (exact) mass is 268 g/mol. The van der Waals surface area contributed by atoms with Crippen molar-refractivity contribution in [1.82, 2.24) is 4.98 Å². The van der Waals surface area contributed by atoms with E-state index in [2.05, 4.69) is 4.98 Å². The van der Waals surface area contributed by atoms with Gasteiger partial charge < -0.3 is 20.0 Å². The smallest absolute Gasteiger partial charge is 0.358 e. The molecule has 1 aromatic carbocycles. The van der Waals surface area contributed by atoms with Crippen molar-refractivity contribution in [2.24, 2.45) is 0 Å². The fourth-order valence-electron chi connectivity index (χ4n) is 1.52. The van der Waals surface area contributed by atoms with Crippen molar-refractivity contribution in [3.05, 3.63) is 28.9 Å². The number of hydrogen-bond acceptors (Lipinski definition) is 5. The fourth-order valence-corrected chi connectivity index (χ4v) is 1.69. The first-order valence-corrected chi connectivity index (χ1v) is 5.24. The van der Waals surface area contributed by atoms with Crippen molar-refractivity contribution < 1.29 is 19.1 Å². The Morgan fingerprint density at radius 1 is 1.56 bits per heavy atom. The van der Waals surface area contributed by atoms with E-state index in [1.165, 1.54) is 13.2 Å². The van der Waals surface area contributed by atoms with Gasteiger partial charge in [-0.15, -0.1) is 0 Å². The van der Waals surface area contributed by atoms with Gasteiger partial charge in [0.05, 0.1) is 12.7 Å². The molecule has 0 radical (unpaired) electrons. The molecule has 2 aromatic rings. The highest BCUT2D eigenvalue weighted by molar-refractivity contribution is 6.31. The van der Waals surface area contributed by atoms with Gasteiger partial charge in [-0.25, -0.2) is 4.79 Å². The van der Waals surface area contributed by atoms with Crippen LogP contribution in [0.25, 0.3) is 11.3 Å². The predicted octanol–water partition coefficient (Wildman–Crippen LogP) is 2.28. The largest absolute Gasteiger partial charge is 0.496 e. The van der Waals surface area contributed by atoms with Gasteiger partial charge in [0.25, 0.3) is 6.01 Å². The number of hydrogen-bond donors (Lipinski definition) is 2. The molecule has 0 unspecified atom stereocenters. The Morgan fingerprint density at radius 2 is 2.28 bits per heavy atom. The molecule has 0 aliphatic rings. The average Bonchev–Trinajstić information content (AvgIpc) is 2.71. The number of nitrogen functional groups attached to an aromatic ring is 1. The SMILES string of the molecule is COc1ccc(Cl)cc1-c1oc(N)nc1C(=O)O. The van der Waals surface area contributed by atoms with Gasteiger partial charge in [-0.3, -0.25) is 0 Å². The number of halogens is 1. The maximum atomic E-state index is 11.0. The Bertz CT molecular complexity index is 609. The highest BCUT2D eigenvalue weighted by Crippen LogP contribution is 2.35. The van der Waals surface area contributed by atoms with Crippen LogP contribution in [0.2, 0.25) is 5.02 Å². The Balaban J connectivity index is 2.68. The number of nitrogens with two attached hydrogens (primary N) is 1. The number of carboxylic acids is 1. The summed E-state index contributed by atoms with van der Waals surface area (Å²) in [4.78, 5) is 14.6. The van der Waals surface area contributed by atoms with Gasteiger partial charge in [-0.1, -0.05) is 11.6 Å². The summed E-state index contributed by atoms with van der Waals surface area (Å²) in [6.07, 6.45) is 0. The lowest BCUT2D eigenvalue weighted by Gasteiger charge is -2.06. The number of aromatic carboxylic acids is 1. The van der Waals surface area contributed by atoms with Gasteiger partial charge in [0.2, 0.25) is 0 Å². The van der Waals surface area contributed by atoms with E-state index in [0.29, 0.717) is 16.3 Å². The van der Waals surface area contributed by atoms with Crippen LogP contribution in [0, 0.1) is 0 Å². The first-order valence-electron chi connectivity index (χ1n) is 4.86. The average molecular weight is 269 g/mol. The summed E-state index contributed by atoms with van der Waals surface area (Å²) in [5.74, 6) is -0.815. The van der Waals surface area contributed by atoms with Crippen LogP contribution in [-0.2, 0) is 0 Å². The van der Waals surface area contributed by atoms with Crippen LogP contribution < -0.4 is 10.5 Å². The van der Waals surface area contributed by atoms with Crippen molar-refractivity contribution in [3.8, 4) is 17.1 Å². The summed E-state index contributed by atoms with van der Waals surface area (Å²) in [5, 5.41) is 9.44. The summed E-state index contributed by atoms with van der Waals surface area (Å²) >= 11 is 5.87. The van der Waals surface area contributed by atoms with E-state index in [-0.39, 0.29) is 17.5 Å². The topological polar surface area (TPSA) is 98.6 Å². The molecule has 0 saturated carbocycles. The first kappa shape index (κ1) is 12.3. The van der Waals surface area contributed by atoms with Crippen molar-refractivity contribution in [3.63, 3.8) is 0 Å². The third kappa shape index (κ3) is 2.10. The minimum atomic E-state index is -1.24. The molecule has 0 aliphatic carbocycles. The maximum absolute atomic E-state index is 11.0. The highest BCUT2D eigenvalue weighted by Gasteiger charge is 2.22. The third-order valence-corrected chi connectivity index (χ3v) is 2.49.